The van der Waals surface area contributed by atoms with E-state index in [1.54, 1.807) is 19.1 Å². The quantitative estimate of drug-likeness (QED) is 0.668. The topological polar surface area (TPSA) is 94.1 Å². The van der Waals surface area contributed by atoms with Crippen LogP contribution in [0.25, 0.3) is 0 Å². The van der Waals surface area contributed by atoms with Crippen LogP contribution >= 0.6 is 11.6 Å². The second-order valence-corrected chi connectivity index (χ2v) is 8.90. The van der Waals surface area contributed by atoms with Gasteiger partial charge in [-0.05, 0) is 56.3 Å². The molecule has 2 aliphatic heterocycles. The molecule has 2 fully saturated rings. The molecule has 2 unspecified atom stereocenters. The van der Waals surface area contributed by atoms with Crippen LogP contribution in [0.15, 0.2) is 18.3 Å². The number of aromatic nitrogens is 1. The standard InChI is InChI=1S/C22H31ClN4O4/c1-16(28)26-8-2-7-25(11-12-26)9-4-19-15-27(10-5-17(19)14-21(29)30)22(31)18-3-6-24-20(23)13-18/h3,6,13,17,19H,2,4-5,7-12,14-15H2,1H3,(H,29,30). The van der Waals surface area contributed by atoms with Gasteiger partial charge in [-0.15, -0.1) is 0 Å². The summed E-state index contributed by atoms with van der Waals surface area (Å²) in [4.78, 5) is 46.0. The number of hydrogen-bond acceptors (Lipinski definition) is 5. The first-order valence-electron chi connectivity index (χ1n) is 10.9. The molecule has 0 aromatic carbocycles. The Balaban J connectivity index is 1.62. The maximum absolute atomic E-state index is 13.0. The van der Waals surface area contributed by atoms with E-state index in [0.717, 1.165) is 45.6 Å². The van der Waals surface area contributed by atoms with E-state index >= 15 is 0 Å². The SMILES string of the molecule is CC(=O)N1CCCN(CCC2CN(C(=O)c3ccnc(Cl)c3)CCC2CC(=O)O)CC1. The molecule has 2 amide bonds. The highest BCUT2D eigenvalue weighted by molar-refractivity contribution is 6.29. The first-order valence-corrected chi connectivity index (χ1v) is 11.3. The smallest absolute Gasteiger partial charge is 0.303 e. The summed E-state index contributed by atoms with van der Waals surface area (Å²) in [5, 5.41) is 9.63. The molecule has 1 aromatic rings. The van der Waals surface area contributed by atoms with Gasteiger partial charge in [0, 0.05) is 57.8 Å². The van der Waals surface area contributed by atoms with Crippen LogP contribution in [0.3, 0.4) is 0 Å². The minimum Gasteiger partial charge on any atom is -0.481 e. The molecular weight excluding hydrogens is 420 g/mol. The van der Waals surface area contributed by atoms with Gasteiger partial charge in [-0.1, -0.05) is 11.6 Å². The Morgan fingerprint density at radius 3 is 2.65 bits per heavy atom. The maximum Gasteiger partial charge on any atom is 0.303 e. The van der Waals surface area contributed by atoms with Crippen LogP contribution in [-0.2, 0) is 9.59 Å². The first kappa shape index (κ1) is 23.5. The number of amides is 2. The van der Waals surface area contributed by atoms with Crippen LogP contribution in [0.2, 0.25) is 5.15 Å². The van der Waals surface area contributed by atoms with Crippen molar-refractivity contribution in [2.24, 2.45) is 11.8 Å². The van der Waals surface area contributed by atoms with E-state index in [2.05, 4.69) is 9.88 Å². The van der Waals surface area contributed by atoms with Gasteiger partial charge >= 0.3 is 5.97 Å². The molecule has 2 atom stereocenters. The molecule has 170 valence electrons. The van der Waals surface area contributed by atoms with Gasteiger partial charge in [-0.3, -0.25) is 14.4 Å². The van der Waals surface area contributed by atoms with Crippen molar-refractivity contribution >= 4 is 29.4 Å². The largest absolute Gasteiger partial charge is 0.481 e. The van der Waals surface area contributed by atoms with E-state index in [0.29, 0.717) is 25.1 Å². The normalized spacial score (nSPS) is 22.8. The highest BCUT2D eigenvalue weighted by Gasteiger charge is 2.33. The third-order valence-corrected chi connectivity index (χ3v) is 6.65. The van der Waals surface area contributed by atoms with E-state index in [4.69, 9.17) is 11.6 Å². The number of hydrogen-bond donors (Lipinski definition) is 1. The number of rotatable bonds is 6. The molecule has 3 heterocycles. The Hall–Kier alpha value is -2.19. The molecule has 1 aromatic heterocycles. The van der Waals surface area contributed by atoms with Crippen LogP contribution in [0.5, 0.6) is 0 Å². The van der Waals surface area contributed by atoms with Gasteiger partial charge in [0.1, 0.15) is 5.15 Å². The summed E-state index contributed by atoms with van der Waals surface area (Å²) in [5.41, 5.74) is 0.507. The molecule has 9 heteroatoms. The molecule has 0 spiro atoms. The Morgan fingerprint density at radius 2 is 1.94 bits per heavy atom. The fourth-order valence-corrected chi connectivity index (χ4v) is 4.84. The Kier molecular flexibility index (Phi) is 8.26. The van der Waals surface area contributed by atoms with E-state index in [9.17, 15) is 19.5 Å². The van der Waals surface area contributed by atoms with Crippen LogP contribution in [-0.4, -0.2) is 88.4 Å². The molecule has 0 radical (unpaired) electrons. The lowest BCUT2D eigenvalue weighted by Gasteiger charge is -2.39. The summed E-state index contributed by atoms with van der Waals surface area (Å²) in [6, 6.07) is 3.23. The number of halogens is 1. The van der Waals surface area contributed by atoms with Crippen LogP contribution < -0.4 is 0 Å². The van der Waals surface area contributed by atoms with Crippen LogP contribution in [0.4, 0.5) is 0 Å². The minimum atomic E-state index is -0.789. The number of pyridine rings is 1. The van der Waals surface area contributed by atoms with Crippen molar-refractivity contribution < 1.29 is 19.5 Å². The number of carbonyl (C=O) groups excluding carboxylic acids is 2. The third-order valence-electron chi connectivity index (χ3n) is 6.44. The number of carbonyl (C=O) groups is 3. The lowest BCUT2D eigenvalue weighted by molar-refractivity contribution is -0.139. The number of piperidine rings is 1. The van der Waals surface area contributed by atoms with Crippen molar-refractivity contribution in [2.75, 3.05) is 45.8 Å². The van der Waals surface area contributed by atoms with Crippen molar-refractivity contribution in [1.82, 2.24) is 19.7 Å². The summed E-state index contributed by atoms with van der Waals surface area (Å²) in [6.07, 6.45) is 4.11. The van der Waals surface area contributed by atoms with E-state index in [-0.39, 0.29) is 35.2 Å². The maximum atomic E-state index is 13.0. The van der Waals surface area contributed by atoms with Gasteiger partial charge in [0.05, 0.1) is 0 Å². The fraction of sp³-hybridized carbons (Fsp3) is 0.636. The van der Waals surface area contributed by atoms with Gasteiger partial charge in [0.2, 0.25) is 5.91 Å². The van der Waals surface area contributed by atoms with E-state index in [1.807, 2.05) is 9.80 Å². The lowest BCUT2D eigenvalue weighted by atomic mass is 9.81. The number of likely N-dealkylation sites (tertiary alicyclic amines) is 1. The molecule has 1 N–H and O–H groups in total. The average Bonchev–Trinajstić information content (AvgIpc) is 2.98. The molecule has 2 saturated heterocycles. The molecule has 0 bridgehead atoms. The number of aliphatic carboxylic acids is 1. The summed E-state index contributed by atoms with van der Waals surface area (Å²) >= 11 is 5.94. The monoisotopic (exact) mass is 450 g/mol. The zero-order valence-electron chi connectivity index (χ0n) is 18.0. The molecule has 0 aliphatic carbocycles. The molecule has 3 rings (SSSR count). The van der Waals surface area contributed by atoms with Gasteiger partial charge < -0.3 is 19.8 Å². The van der Waals surface area contributed by atoms with Crippen molar-refractivity contribution in [3.05, 3.63) is 29.0 Å². The fourth-order valence-electron chi connectivity index (χ4n) is 4.66. The van der Waals surface area contributed by atoms with Crippen molar-refractivity contribution in [3.63, 3.8) is 0 Å². The number of carboxylic acids is 1. The van der Waals surface area contributed by atoms with E-state index in [1.165, 1.54) is 6.20 Å². The Bertz CT molecular complexity index is 805. The summed E-state index contributed by atoms with van der Waals surface area (Å²) in [7, 11) is 0. The van der Waals surface area contributed by atoms with Crippen molar-refractivity contribution in [1.29, 1.82) is 0 Å². The summed E-state index contributed by atoms with van der Waals surface area (Å²) in [6.45, 7) is 6.81. The van der Waals surface area contributed by atoms with E-state index < -0.39 is 5.97 Å². The van der Waals surface area contributed by atoms with Crippen molar-refractivity contribution in [2.45, 2.75) is 32.6 Å². The summed E-state index contributed by atoms with van der Waals surface area (Å²) in [5.74, 6) is -0.583. The van der Waals surface area contributed by atoms with Gasteiger partial charge in [0.25, 0.3) is 5.91 Å². The second kappa shape index (κ2) is 10.9. The second-order valence-electron chi connectivity index (χ2n) is 8.52. The molecule has 2 aliphatic rings. The zero-order chi connectivity index (χ0) is 22.4. The van der Waals surface area contributed by atoms with Gasteiger partial charge in [-0.2, -0.15) is 0 Å². The number of nitrogens with zero attached hydrogens (tertiary/aromatic N) is 4. The average molecular weight is 451 g/mol. The summed E-state index contributed by atoms with van der Waals surface area (Å²) < 4.78 is 0. The molecule has 31 heavy (non-hydrogen) atoms. The van der Waals surface area contributed by atoms with Crippen LogP contribution in [0.1, 0.15) is 43.0 Å². The first-order chi connectivity index (χ1) is 14.8. The zero-order valence-corrected chi connectivity index (χ0v) is 18.8. The highest BCUT2D eigenvalue weighted by Crippen LogP contribution is 2.30. The highest BCUT2D eigenvalue weighted by atomic mass is 35.5. The number of carboxylic acid groups (broad SMARTS) is 1. The van der Waals surface area contributed by atoms with Crippen LogP contribution in [0, 0.1) is 11.8 Å². The lowest BCUT2D eigenvalue weighted by Crippen LogP contribution is -2.45. The molecular formula is C22H31ClN4O4. The predicted octanol–water partition coefficient (Wildman–Crippen LogP) is 2.23. The third kappa shape index (κ3) is 6.64. The molecule has 8 nitrogen and oxygen atoms in total. The Labute approximate surface area is 188 Å². The predicted molar refractivity (Wildman–Crippen MR) is 117 cm³/mol. The van der Waals surface area contributed by atoms with Gasteiger partial charge in [0.15, 0.2) is 0 Å². The minimum absolute atomic E-state index is 0.0586. The van der Waals surface area contributed by atoms with Gasteiger partial charge in [-0.25, -0.2) is 4.98 Å². The molecule has 0 saturated carbocycles. The Morgan fingerprint density at radius 1 is 1.13 bits per heavy atom. The van der Waals surface area contributed by atoms with Crippen molar-refractivity contribution in [3.8, 4) is 0 Å².